The molecular formula is C19H33N3O3. The second-order valence-electron chi connectivity index (χ2n) is 7.92. The Morgan fingerprint density at radius 1 is 1.00 bits per heavy atom. The van der Waals surface area contributed by atoms with Crippen LogP contribution in [0.15, 0.2) is 0 Å². The van der Waals surface area contributed by atoms with E-state index in [-0.39, 0.29) is 24.7 Å². The number of rotatable bonds is 6. The van der Waals surface area contributed by atoms with Gasteiger partial charge in [0.25, 0.3) is 0 Å². The highest BCUT2D eigenvalue weighted by molar-refractivity contribution is 5.81. The molecule has 3 fully saturated rings. The number of carbonyl (C=O) groups excluding carboxylic acids is 2. The molecule has 0 spiro atoms. The van der Waals surface area contributed by atoms with Gasteiger partial charge in [-0.3, -0.25) is 14.5 Å². The monoisotopic (exact) mass is 351 g/mol. The molecular weight excluding hydrogens is 318 g/mol. The third-order valence-electron chi connectivity index (χ3n) is 6.25. The lowest BCUT2D eigenvalue weighted by atomic mass is 10.0. The number of hydrogen-bond donors (Lipinski definition) is 0. The maximum Gasteiger partial charge on any atom is 0.306 e. The number of hydrogen-bond acceptors (Lipinski definition) is 5. The fourth-order valence-corrected chi connectivity index (χ4v) is 4.82. The Balaban J connectivity index is 1.41. The van der Waals surface area contributed by atoms with Crippen LogP contribution in [0.5, 0.6) is 0 Å². The lowest BCUT2D eigenvalue weighted by molar-refractivity contribution is -0.143. The summed E-state index contributed by atoms with van der Waals surface area (Å²) in [5.74, 6) is 1.05. The first-order chi connectivity index (χ1) is 12.1. The van der Waals surface area contributed by atoms with Crippen molar-refractivity contribution < 1.29 is 14.3 Å². The zero-order chi connectivity index (χ0) is 17.8. The predicted molar refractivity (Wildman–Crippen MR) is 96.1 cm³/mol. The lowest BCUT2D eigenvalue weighted by Gasteiger charge is -2.37. The Kier molecular flexibility index (Phi) is 6.34. The number of ether oxygens (including phenoxy) is 1. The molecule has 25 heavy (non-hydrogen) atoms. The van der Waals surface area contributed by atoms with Crippen LogP contribution in [0, 0.1) is 11.8 Å². The summed E-state index contributed by atoms with van der Waals surface area (Å²) >= 11 is 0. The summed E-state index contributed by atoms with van der Waals surface area (Å²) in [5.41, 5.74) is 0. The fraction of sp³-hybridized carbons (Fsp3) is 0.895. The van der Waals surface area contributed by atoms with Crippen LogP contribution in [0.3, 0.4) is 0 Å². The summed E-state index contributed by atoms with van der Waals surface area (Å²) in [5, 5.41) is 0. The second kappa shape index (κ2) is 8.49. The third-order valence-corrected chi connectivity index (χ3v) is 6.25. The van der Waals surface area contributed by atoms with Gasteiger partial charge in [0.2, 0.25) is 5.91 Å². The summed E-state index contributed by atoms with van der Waals surface area (Å²) in [6.07, 6.45) is 4.32. The largest absolute Gasteiger partial charge is 0.469 e. The van der Waals surface area contributed by atoms with Crippen molar-refractivity contribution in [1.29, 1.82) is 0 Å². The molecule has 0 aromatic rings. The number of esters is 1. The van der Waals surface area contributed by atoms with E-state index in [0.717, 1.165) is 32.2 Å². The van der Waals surface area contributed by atoms with E-state index in [1.54, 1.807) is 0 Å². The smallest absolute Gasteiger partial charge is 0.306 e. The molecule has 0 aromatic carbocycles. The SMILES string of the molecule is CCCN1CCC(N2CC3CN(C(=O)CCC(=O)OC)CC3C2)CC1. The first kappa shape index (κ1) is 18.6. The van der Waals surface area contributed by atoms with Crippen molar-refractivity contribution in [1.82, 2.24) is 14.7 Å². The van der Waals surface area contributed by atoms with Crippen LogP contribution >= 0.6 is 0 Å². The van der Waals surface area contributed by atoms with Crippen molar-refractivity contribution in [2.24, 2.45) is 11.8 Å². The molecule has 3 aliphatic rings. The highest BCUT2D eigenvalue weighted by Crippen LogP contribution is 2.34. The van der Waals surface area contributed by atoms with Gasteiger partial charge in [0.05, 0.1) is 13.5 Å². The molecule has 0 N–H and O–H groups in total. The molecule has 3 rings (SSSR count). The van der Waals surface area contributed by atoms with Gasteiger partial charge < -0.3 is 14.5 Å². The van der Waals surface area contributed by atoms with Gasteiger partial charge in [-0.1, -0.05) is 6.92 Å². The lowest BCUT2D eigenvalue weighted by Crippen LogP contribution is -2.45. The summed E-state index contributed by atoms with van der Waals surface area (Å²) in [6.45, 7) is 10.00. The topological polar surface area (TPSA) is 53.1 Å². The zero-order valence-electron chi connectivity index (χ0n) is 15.8. The van der Waals surface area contributed by atoms with Gasteiger partial charge >= 0.3 is 5.97 Å². The number of fused-ring (bicyclic) bond motifs is 1. The van der Waals surface area contributed by atoms with Gasteiger partial charge in [-0.15, -0.1) is 0 Å². The first-order valence-corrected chi connectivity index (χ1v) is 9.91. The van der Waals surface area contributed by atoms with Gasteiger partial charge in [-0.2, -0.15) is 0 Å². The van der Waals surface area contributed by atoms with E-state index in [1.807, 2.05) is 4.90 Å². The van der Waals surface area contributed by atoms with Gasteiger partial charge in [0.1, 0.15) is 0 Å². The van der Waals surface area contributed by atoms with Crippen molar-refractivity contribution in [2.75, 3.05) is 52.9 Å². The van der Waals surface area contributed by atoms with E-state index in [1.165, 1.54) is 46.0 Å². The van der Waals surface area contributed by atoms with E-state index in [2.05, 4.69) is 21.5 Å². The Morgan fingerprint density at radius 2 is 1.64 bits per heavy atom. The average molecular weight is 351 g/mol. The molecule has 3 saturated heterocycles. The molecule has 2 atom stereocenters. The minimum absolute atomic E-state index is 0.110. The van der Waals surface area contributed by atoms with Gasteiger partial charge in [0, 0.05) is 38.6 Å². The van der Waals surface area contributed by atoms with E-state index in [0.29, 0.717) is 11.8 Å². The number of nitrogens with zero attached hydrogens (tertiary/aromatic N) is 3. The van der Waals surface area contributed by atoms with Crippen LogP contribution in [-0.2, 0) is 14.3 Å². The molecule has 0 bridgehead atoms. The number of piperidine rings is 1. The summed E-state index contributed by atoms with van der Waals surface area (Å²) < 4.78 is 4.62. The van der Waals surface area contributed by atoms with Crippen molar-refractivity contribution in [3.8, 4) is 0 Å². The Hall–Kier alpha value is -1.14. The third kappa shape index (κ3) is 4.53. The van der Waals surface area contributed by atoms with Crippen molar-refractivity contribution in [2.45, 2.75) is 45.1 Å². The van der Waals surface area contributed by atoms with E-state index < -0.39 is 0 Å². The van der Waals surface area contributed by atoms with Crippen LogP contribution in [0.1, 0.15) is 39.0 Å². The Bertz CT molecular complexity index is 463. The van der Waals surface area contributed by atoms with E-state index in [4.69, 9.17) is 0 Å². The molecule has 3 aliphatic heterocycles. The molecule has 0 radical (unpaired) electrons. The second-order valence-corrected chi connectivity index (χ2v) is 7.92. The van der Waals surface area contributed by atoms with E-state index >= 15 is 0 Å². The number of methoxy groups -OCH3 is 1. The molecule has 142 valence electrons. The highest BCUT2D eigenvalue weighted by Gasteiger charge is 2.43. The summed E-state index contributed by atoms with van der Waals surface area (Å²) in [7, 11) is 1.37. The Morgan fingerprint density at radius 3 is 2.20 bits per heavy atom. The zero-order valence-corrected chi connectivity index (χ0v) is 15.8. The predicted octanol–water partition coefficient (Wildman–Crippen LogP) is 1.20. The molecule has 0 aliphatic carbocycles. The van der Waals surface area contributed by atoms with Gasteiger partial charge in [-0.05, 0) is 50.7 Å². The minimum Gasteiger partial charge on any atom is -0.469 e. The van der Waals surface area contributed by atoms with E-state index in [9.17, 15) is 9.59 Å². The van der Waals surface area contributed by atoms with Gasteiger partial charge in [0.15, 0.2) is 0 Å². The maximum atomic E-state index is 12.3. The molecule has 2 unspecified atom stereocenters. The number of likely N-dealkylation sites (tertiary alicyclic amines) is 3. The molecule has 6 nitrogen and oxygen atoms in total. The summed E-state index contributed by atoms with van der Waals surface area (Å²) in [4.78, 5) is 30.7. The van der Waals surface area contributed by atoms with Gasteiger partial charge in [-0.25, -0.2) is 0 Å². The average Bonchev–Trinajstić information content (AvgIpc) is 3.19. The van der Waals surface area contributed by atoms with Crippen LogP contribution in [0.25, 0.3) is 0 Å². The standard InChI is InChI=1S/C19H33N3O3/c1-3-8-20-9-6-17(7-10-20)21-11-15-13-22(14-16(15)12-21)18(23)4-5-19(24)25-2/h15-17H,3-14H2,1-2H3. The summed E-state index contributed by atoms with van der Waals surface area (Å²) in [6, 6.07) is 0.738. The quantitative estimate of drug-likeness (QED) is 0.673. The molecule has 0 aromatic heterocycles. The van der Waals surface area contributed by atoms with Crippen LogP contribution < -0.4 is 0 Å². The van der Waals surface area contributed by atoms with Crippen LogP contribution in [0.2, 0.25) is 0 Å². The molecule has 3 heterocycles. The first-order valence-electron chi connectivity index (χ1n) is 9.91. The Labute approximate surface area is 151 Å². The van der Waals surface area contributed by atoms with Crippen molar-refractivity contribution in [3.63, 3.8) is 0 Å². The normalized spacial score (nSPS) is 28.3. The molecule has 6 heteroatoms. The molecule has 0 saturated carbocycles. The number of amides is 1. The minimum atomic E-state index is -0.298. The maximum absolute atomic E-state index is 12.3. The molecule has 1 amide bonds. The van der Waals surface area contributed by atoms with Crippen molar-refractivity contribution >= 4 is 11.9 Å². The number of carbonyl (C=O) groups is 2. The van der Waals surface area contributed by atoms with Crippen LogP contribution in [-0.4, -0.2) is 85.5 Å². The van der Waals surface area contributed by atoms with Crippen molar-refractivity contribution in [3.05, 3.63) is 0 Å². The fourth-order valence-electron chi connectivity index (χ4n) is 4.82. The highest BCUT2D eigenvalue weighted by atomic mass is 16.5. The van der Waals surface area contributed by atoms with Crippen LogP contribution in [0.4, 0.5) is 0 Å².